The molecule has 3 nitrogen and oxygen atoms in total. The van der Waals surface area contributed by atoms with Crippen LogP contribution in [0.3, 0.4) is 0 Å². The fourth-order valence-electron chi connectivity index (χ4n) is 0.864. The van der Waals surface area contributed by atoms with Crippen LogP contribution in [0.2, 0.25) is 0 Å². The fourth-order valence-corrected chi connectivity index (χ4v) is 1.35. The van der Waals surface area contributed by atoms with Crippen LogP contribution in [0.4, 0.5) is 5.69 Å². The number of non-ortho nitro benzene ring substituents is 1. The van der Waals surface area contributed by atoms with E-state index in [4.69, 9.17) is 12.2 Å². The van der Waals surface area contributed by atoms with Gasteiger partial charge in [-0.2, -0.15) is 0 Å². The molecular weight excluding hydrogens is 206 g/mol. The molecule has 0 amide bonds. The Morgan fingerprint density at radius 1 is 1.62 bits per heavy atom. The van der Waals surface area contributed by atoms with E-state index in [1.807, 2.05) is 6.26 Å². The lowest BCUT2D eigenvalue weighted by molar-refractivity contribution is -0.384. The van der Waals surface area contributed by atoms with Crippen molar-refractivity contribution in [1.29, 1.82) is 0 Å². The van der Waals surface area contributed by atoms with Gasteiger partial charge in [-0.25, -0.2) is 0 Å². The van der Waals surface area contributed by atoms with Crippen LogP contribution in [-0.4, -0.2) is 15.4 Å². The molecule has 0 N–H and O–H groups in total. The zero-order chi connectivity index (χ0) is 9.84. The van der Waals surface area contributed by atoms with Crippen LogP contribution < -0.4 is 0 Å². The summed E-state index contributed by atoms with van der Waals surface area (Å²) in [6.07, 6.45) is 1.85. The normalized spacial score (nSPS) is 9.62. The first-order chi connectivity index (χ1) is 6.15. The Balaban J connectivity index is 3.05. The second-order valence-corrected chi connectivity index (χ2v) is 3.78. The van der Waals surface area contributed by atoms with Gasteiger partial charge in [-0.15, -0.1) is 11.8 Å². The lowest BCUT2D eigenvalue weighted by Gasteiger charge is -1.98. The summed E-state index contributed by atoms with van der Waals surface area (Å²) in [5.41, 5.74) is 0.811. The fraction of sp³-hybridized carbons (Fsp3) is 0.125. The van der Waals surface area contributed by atoms with E-state index in [9.17, 15) is 10.1 Å². The molecule has 0 unspecified atom stereocenters. The highest BCUT2D eigenvalue weighted by Crippen LogP contribution is 2.17. The van der Waals surface area contributed by atoms with Crippen molar-refractivity contribution in [2.24, 2.45) is 0 Å². The molecule has 1 rings (SSSR count). The van der Waals surface area contributed by atoms with Gasteiger partial charge >= 0.3 is 0 Å². The minimum Gasteiger partial charge on any atom is -0.258 e. The van der Waals surface area contributed by atoms with E-state index >= 15 is 0 Å². The van der Waals surface area contributed by atoms with Crippen LogP contribution in [0.15, 0.2) is 24.3 Å². The molecule has 0 saturated heterocycles. The molecule has 0 aromatic heterocycles. The lowest BCUT2D eigenvalue weighted by Crippen LogP contribution is -1.93. The van der Waals surface area contributed by atoms with Crippen molar-refractivity contribution in [2.75, 3.05) is 6.26 Å². The van der Waals surface area contributed by atoms with E-state index in [0.717, 1.165) is 5.56 Å². The average molecular weight is 213 g/mol. The second-order valence-electron chi connectivity index (χ2n) is 2.30. The number of nitro benzene ring substituents is 1. The van der Waals surface area contributed by atoms with Crippen molar-refractivity contribution in [2.45, 2.75) is 0 Å². The van der Waals surface area contributed by atoms with E-state index in [1.165, 1.54) is 23.9 Å². The molecular formula is C8H7NO2S2. The van der Waals surface area contributed by atoms with E-state index in [2.05, 4.69) is 0 Å². The van der Waals surface area contributed by atoms with Crippen molar-refractivity contribution in [3.63, 3.8) is 0 Å². The summed E-state index contributed by atoms with van der Waals surface area (Å²) in [5.74, 6) is 0. The van der Waals surface area contributed by atoms with Gasteiger partial charge in [-0.3, -0.25) is 10.1 Å². The maximum atomic E-state index is 10.4. The molecule has 0 fully saturated rings. The van der Waals surface area contributed by atoms with Gasteiger partial charge in [0.2, 0.25) is 0 Å². The van der Waals surface area contributed by atoms with Crippen molar-refractivity contribution < 1.29 is 4.92 Å². The molecule has 13 heavy (non-hydrogen) atoms. The lowest BCUT2D eigenvalue weighted by atomic mass is 10.2. The first-order valence-corrected chi connectivity index (χ1v) is 5.11. The van der Waals surface area contributed by atoms with E-state index in [0.29, 0.717) is 4.20 Å². The molecule has 1 aromatic rings. The Bertz CT molecular complexity index is 352. The van der Waals surface area contributed by atoms with Crippen LogP contribution in [0, 0.1) is 10.1 Å². The first kappa shape index (κ1) is 10.1. The van der Waals surface area contributed by atoms with Crippen molar-refractivity contribution >= 4 is 33.9 Å². The molecule has 0 aliphatic heterocycles. The molecule has 0 aliphatic carbocycles. The van der Waals surface area contributed by atoms with Gasteiger partial charge in [0, 0.05) is 17.7 Å². The van der Waals surface area contributed by atoms with Crippen molar-refractivity contribution in [3.8, 4) is 0 Å². The Morgan fingerprint density at radius 3 is 2.85 bits per heavy atom. The van der Waals surface area contributed by atoms with E-state index in [-0.39, 0.29) is 5.69 Å². The highest BCUT2D eigenvalue weighted by Gasteiger charge is 2.07. The van der Waals surface area contributed by atoms with Crippen LogP contribution in [0.1, 0.15) is 5.56 Å². The van der Waals surface area contributed by atoms with Crippen LogP contribution in [0.5, 0.6) is 0 Å². The largest absolute Gasteiger partial charge is 0.270 e. The third-order valence-corrected chi connectivity index (χ3v) is 2.82. The van der Waals surface area contributed by atoms with Gasteiger partial charge in [0.05, 0.1) is 9.12 Å². The Hall–Kier alpha value is -0.940. The SMILES string of the molecule is CSC(=S)c1cccc([N+](=O)[O-])c1. The molecule has 68 valence electrons. The van der Waals surface area contributed by atoms with Gasteiger partial charge in [-0.05, 0) is 6.26 Å². The summed E-state index contributed by atoms with van der Waals surface area (Å²) >= 11 is 6.42. The number of hydrogen-bond acceptors (Lipinski definition) is 4. The summed E-state index contributed by atoms with van der Waals surface area (Å²) in [7, 11) is 0. The standard InChI is InChI=1S/C8H7NO2S2/c1-13-8(12)6-3-2-4-7(5-6)9(10)11/h2-5H,1H3. The van der Waals surface area contributed by atoms with Crippen molar-refractivity contribution in [1.82, 2.24) is 0 Å². The second kappa shape index (κ2) is 4.34. The summed E-state index contributed by atoms with van der Waals surface area (Å²) < 4.78 is 0.670. The molecule has 0 heterocycles. The van der Waals surface area contributed by atoms with E-state index < -0.39 is 4.92 Å². The monoisotopic (exact) mass is 213 g/mol. The summed E-state index contributed by atoms with van der Waals surface area (Å²) in [6.45, 7) is 0. The quantitative estimate of drug-likeness (QED) is 0.430. The number of hydrogen-bond donors (Lipinski definition) is 0. The maximum Gasteiger partial charge on any atom is 0.270 e. The number of thiocarbonyl (C=S) groups is 1. The Labute approximate surface area is 85.3 Å². The molecule has 0 bridgehead atoms. The minimum atomic E-state index is -0.424. The van der Waals surface area contributed by atoms with Crippen LogP contribution >= 0.6 is 24.0 Å². The van der Waals surface area contributed by atoms with Gasteiger partial charge in [0.15, 0.2) is 0 Å². The third-order valence-electron chi connectivity index (χ3n) is 1.48. The highest BCUT2D eigenvalue weighted by atomic mass is 32.2. The molecule has 5 heteroatoms. The summed E-state index contributed by atoms with van der Waals surface area (Å²) in [4.78, 5) is 10.00. The maximum absolute atomic E-state index is 10.4. The average Bonchev–Trinajstić information content (AvgIpc) is 2.17. The predicted molar refractivity (Wildman–Crippen MR) is 58.3 cm³/mol. The smallest absolute Gasteiger partial charge is 0.258 e. The van der Waals surface area contributed by atoms with Crippen molar-refractivity contribution in [3.05, 3.63) is 39.9 Å². The van der Waals surface area contributed by atoms with Gasteiger partial charge in [0.1, 0.15) is 0 Å². The van der Waals surface area contributed by atoms with Gasteiger partial charge in [0.25, 0.3) is 5.69 Å². The minimum absolute atomic E-state index is 0.0777. The molecule has 0 radical (unpaired) electrons. The molecule has 0 aliphatic rings. The highest BCUT2D eigenvalue weighted by molar-refractivity contribution is 8.23. The number of benzene rings is 1. The zero-order valence-corrected chi connectivity index (χ0v) is 8.52. The molecule has 0 atom stereocenters. The Kier molecular flexibility index (Phi) is 3.39. The molecule has 0 saturated carbocycles. The topological polar surface area (TPSA) is 43.1 Å². The van der Waals surface area contributed by atoms with Gasteiger partial charge in [-0.1, -0.05) is 24.4 Å². The zero-order valence-electron chi connectivity index (χ0n) is 6.89. The van der Waals surface area contributed by atoms with E-state index in [1.54, 1.807) is 12.1 Å². The summed E-state index contributed by atoms with van der Waals surface area (Å²) in [5, 5.41) is 10.4. The number of nitrogens with zero attached hydrogens (tertiary/aromatic N) is 1. The first-order valence-electron chi connectivity index (χ1n) is 3.48. The predicted octanol–water partition coefficient (Wildman–Crippen LogP) is 2.63. The molecule has 0 spiro atoms. The Morgan fingerprint density at radius 2 is 2.31 bits per heavy atom. The number of thioether (sulfide) groups is 1. The third kappa shape index (κ3) is 2.50. The van der Waals surface area contributed by atoms with Gasteiger partial charge < -0.3 is 0 Å². The molecule has 1 aromatic carbocycles. The van der Waals surface area contributed by atoms with Crippen LogP contribution in [0.25, 0.3) is 0 Å². The number of nitro groups is 1. The number of rotatable bonds is 2. The van der Waals surface area contributed by atoms with Crippen LogP contribution in [-0.2, 0) is 0 Å². The summed E-state index contributed by atoms with van der Waals surface area (Å²) in [6, 6.07) is 6.34.